The van der Waals surface area contributed by atoms with Gasteiger partial charge in [-0.1, -0.05) is 6.42 Å². The molecule has 0 amide bonds. The highest BCUT2D eigenvalue weighted by Crippen LogP contribution is 2.39. The summed E-state index contributed by atoms with van der Waals surface area (Å²) < 4.78 is 0. The molecule has 1 saturated carbocycles. The molecule has 2 aromatic rings. The van der Waals surface area contributed by atoms with Gasteiger partial charge in [-0.05, 0) is 57.4 Å². The smallest absolute Gasteiger partial charge is 0.0662 e. The topological polar surface area (TPSA) is 51.6 Å². The lowest BCUT2D eigenvalue weighted by Crippen LogP contribution is -2.15. The van der Waals surface area contributed by atoms with Gasteiger partial charge in [0.1, 0.15) is 0 Å². The average Bonchev–Trinajstić information content (AvgIpc) is 2.49. The number of hydrogen-bond acceptors (Lipinski definition) is 4. The predicted octanol–water partition coefficient (Wildman–Crippen LogP) is 3.32. The van der Waals surface area contributed by atoms with Gasteiger partial charge in [-0.3, -0.25) is 0 Å². The Balaban J connectivity index is 1.76. The zero-order chi connectivity index (χ0) is 13.9. The molecule has 0 unspecified atom stereocenters. The molecule has 0 saturated heterocycles. The summed E-state index contributed by atoms with van der Waals surface area (Å²) in [5, 5.41) is 17.1. The summed E-state index contributed by atoms with van der Waals surface area (Å²) in [6.45, 7) is 3.95. The van der Waals surface area contributed by atoms with E-state index in [9.17, 15) is 0 Å². The van der Waals surface area contributed by atoms with Gasteiger partial charge in [-0.25, -0.2) is 0 Å². The molecule has 2 aromatic heterocycles. The third-order valence-electron chi connectivity index (χ3n) is 4.15. The SMILES string of the molecule is Cc1ccc([C@H]2CCC[C@H](c3ccc(C)nn3)C2)nn1. The van der Waals surface area contributed by atoms with Crippen molar-refractivity contribution >= 4 is 0 Å². The Hall–Kier alpha value is -1.84. The van der Waals surface area contributed by atoms with Gasteiger partial charge in [-0.15, -0.1) is 0 Å². The molecule has 0 radical (unpaired) electrons. The Morgan fingerprint density at radius 3 is 1.65 bits per heavy atom. The van der Waals surface area contributed by atoms with Crippen LogP contribution in [0.1, 0.15) is 60.3 Å². The largest absolute Gasteiger partial charge is 0.156 e. The van der Waals surface area contributed by atoms with Gasteiger partial charge in [0.05, 0.1) is 22.8 Å². The second-order valence-corrected chi connectivity index (χ2v) is 5.76. The van der Waals surface area contributed by atoms with Crippen molar-refractivity contribution < 1.29 is 0 Å². The maximum Gasteiger partial charge on any atom is 0.0662 e. The molecule has 1 aliphatic carbocycles. The Morgan fingerprint density at radius 2 is 1.25 bits per heavy atom. The van der Waals surface area contributed by atoms with Gasteiger partial charge < -0.3 is 0 Å². The molecule has 3 rings (SSSR count). The Labute approximate surface area is 119 Å². The molecule has 4 nitrogen and oxygen atoms in total. The van der Waals surface area contributed by atoms with E-state index in [2.05, 4.69) is 44.7 Å². The van der Waals surface area contributed by atoms with Crippen molar-refractivity contribution in [2.24, 2.45) is 0 Å². The molecular formula is C16H20N4. The van der Waals surface area contributed by atoms with E-state index in [1.165, 1.54) is 19.3 Å². The van der Waals surface area contributed by atoms with Crippen LogP contribution in [0.15, 0.2) is 24.3 Å². The summed E-state index contributed by atoms with van der Waals surface area (Å²) >= 11 is 0. The number of hydrogen-bond donors (Lipinski definition) is 0. The number of rotatable bonds is 2. The minimum atomic E-state index is 0.505. The lowest BCUT2D eigenvalue weighted by molar-refractivity contribution is 0.379. The molecule has 20 heavy (non-hydrogen) atoms. The second-order valence-electron chi connectivity index (χ2n) is 5.76. The predicted molar refractivity (Wildman–Crippen MR) is 77.5 cm³/mol. The maximum absolute atomic E-state index is 4.36. The standard InChI is InChI=1S/C16H20N4/c1-11-6-8-15(19-17-11)13-4-3-5-14(10-13)16-9-7-12(2)18-20-16/h6-9,13-14H,3-5,10H2,1-2H3/t13-,14-/m0/s1. The van der Waals surface area contributed by atoms with Crippen LogP contribution in [-0.4, -0.2) is 20.4 Å². The fourth-order valence-electron chi connectivity index (χ4n) is 2.98. The highest BCUT2D eigenvalue weighted by atomic mass is 15.1. The fraction of sp³-hybridized carbons (Fsp3) is 0.500. The van der Waals surface area contributed by atoms with Crippen molar-refractivity contribution in [1.29, 1.82) is 0 Å². The highest BCUT2D eigenvalue weighted by molar-refractivity contribution is 5.16. The van der Waals surface area contributed by atoms with E-state index in [1.54, 1.807) is 0 Å². The fourth-order valence-corrected chi connectivity index (χ4v) is 2.98. The number of aromatic nitrogens is 4. The lowest BCUT2D eigenvalue weighted by atomic mass is 9.78. The van der Waals surface area contributed by atoms with Crippen LogP contribution in [0.5, 0.6) is 0 Å². The summed E-state index contributed by atoms with van der Waals surface area (Å²) in [5.74, 6) is 1.01. The first kappa shape index (κ1) is 13.2. The Bertz CT molecular complexity index is 511. The van der Waals surface area contributed by atoms with Crippen molar-refractivity contribution in [3.8, 4) is 0 Å². The normalized spacial score (nSPS) is 22.7. The quantitative estimate of drug-likeness (QED) is 0.838. The van der Waals surface area contributed by atoms with Gasteiger partial charge in [0, 0.05) is 11.8 Å². The summed E-state index contributed by atoms with van der Waals surface area (Å²) in [5.41, 5.74) is 4.21. The van der Waals surface area contributed by atoms with E-state index in [4.69, 9.17) is 0 Å². The second kappa shape index (κ2) is 5.65. The van der Waals surface area contributed by atoms with Crippen molar-refractivity contribution in [3.05, 3.63) is 47.0 Å². The molecule has 104 valence electrons. The van der Waals surface area contributed by atoms with Gasteiger partial charge in [0.15, 0.2) is 0 Å². The molecule has 0 aromatic carbocycles. The highest BCUT2D eigenvalue weighted by Gasteiger charge is 2.26. The van der Waals surface area contributed by atoms with Crippen LogP contribution >= 0.6 is 0 Å². The molecular weight excluding hydrogens is 248 g/mol. The van der Waals surface area contributed by atoms with Crippen molar-refractivity contribution in [2.45, 2.75) is 51.4 Å². The molecule has 4 heteroatoms. The van der Waals surface area contributed by atoms with E-state index in [-0.39, 0.29) is 0 Å². The van der Waals surface area contributed by atoms with Gasteiger partial charge in [0.2, 0.25) is 0 Å². The van der Waals surface area contributed by atoms with E-state index in [1.807, 2.05) is 13.8 Å². The molecule has 1 fully saturated rings. The minimum Gasteiger partial charge on any atom is -0.156 e. The van der Waals surface area contributed by atoms with Gasteiger partial charge in [-0.2, -0.15) is 20.4 Å². The zero-order valence-electron chi connectivity index (χ0n) is 12.1. The third kappa shape index (κ3) is 2.84. The average molecular weight is 268 g/mol. The first-order chi connectivity index (χ1) is 9.72. The first-order valence-electron chi connectivity index (χ1n) is 7.33. The summed E-state index contributed by atoms with van der Waals surface area (Å²) in [6, 6.07) is 8.35. The third-order valence-corrected chi connectivity index (χ3v) is 4.15. The van der Waals surface area contributed by atoms with Gasteiger partial charge >= 0.3 is 0 Å². The van der Waals surface area contributed by atoms with E-state index < -0.39 is 0 Å². The molecule has 2 heterocycles. The molecule has 1 aliphatic rings. The van der Waals surface area contributed by atoms with Crippen LogP contribution in [0.2, 0.25) is 0 Å². The van der Waals surface area contributed by atoms with Gasteiger partial charge in [0.25, 0.3) is 0 Å². The number of aryl methyl sites for hydroxylation is 2. The van der Waals surface area contributed by atoms with E-state index in [0.29, 0.717) is 11.8 Å². The van der Waals surface area contributed by atoms with Crippen LogP contribution in [0, 0.1) is 13.8 Å². The first-order valence-corrected chi connectivity index (χ1v) is 7.33. The van der Waals surface area contributed by atoms with Crippen molar-refractivity contribution in [2.75, 3.05) is 0 Å². The maximum atomic E-state index is 4.36. The molecule has 0 spiro atoms. The van der Waals surface area contributed by atoms with Crippen LogP contribution < -0.4 is 0 Å². The van der Waals surface area contributed by atoms with Crippen LogP contribution in [0.3, 0.4) is 0 Å². The Kier molecular flexibility index (Phi) is 3.72. The van der Waals surface area contributed by atoms with Crippen LogP contribution in [0.4, 0.5) is 0 Å². The monoisotopic (exact) mass is 268 g/mol. The molecule has 0 aliphatic heterocycles. The molecule has 2 atom stereocenters. The van der Waals surface area contributed by atoms with E-state index in [0.717, 1.165) is 29.2 Å². The summed E-state index contributed by atoms with van der Waals surface area (Å²) in [4.78, 5) is 0. The summed E-state index contributed by atoms with van der Waals surface area (Å²) in [7, 11) is 0. The van der Waals surface area contributed by atoms with E-state index >= 15 is 0 Å². The van der Waals surface area contributed by atoms with Crippen molar-refractivity contribution in [1.82, 2.24) is 20.4 Å². The lowest BCUT2D eigenvalue weighted by Gasteiger charge is -2.28. The van der Waals surface area contributed by atoms with Crippen LogP contribution in [0.25, 0.3) is 0 Å². The van der Waals surface area contributed by atoms with Crippen LogP contribution in [-0.2, 0) is 0 Å². The molecule has 0 N–H and O–H groups in total. The molecule has 0 bridgehead atoms. The van der Waals surface area contributed by atoms with Crippen molar-refractivity contribution in [3.63, 3.8) is 0 Å². The zero-order valence-corrected chi connectivity index (χ0v) is 12.1. The Morgan fingerprint density at radius 1 is 0.750 bits per heavy atom. The number of nitrogens with zero attached hydrogens (tertiary/aromatic N) is 4. The minimum absolute atomic E-state index is 0.505. The summed E-state index contributed by atoms with van der Waals surface area (Å²) in [6.07, 6.45) is 4.73.